The van der Waals surface area contributed by atoms with Crippen molar-refractivity contribution in [2.24, 2.45) is 0 Å². The number of anilines is 1. The number of quaternary nitrogens is 1. The highest BCUT2D eigenvalue weighted by Crippen LogP contribution is 2.36. The quantitative estimate of drug-likeness (QED) is 0.444. The van der Waals surface area contributed by atoms with Crippen molar-refractivity contribution in [3.63, 3.8) is 0 Å². The van der Waals surface area contributed by atoms with Gasteiger partial charge in [0.25, 0.3) is 5.69 Å². The summed E-state index contributed by atoms with van der Waals surface area (Å²) >= 11 is 0. The zero-order chi connectivity index (χ0) is 21.0. The van der Waals surface area contributed by atoms with Crippen LogP contribution in [0.3, 0.4) is 0 Å². The molecule has 0 saturated carbocycles. The Hall–Kier alpha value is -2.49. The van der Waals surface area contributed by atoms with Crippen molar-refractivity contribution in [3.8, 4) is 0 Å². The Bertz CT molecular complexity index is 992. The van der Waals surface area contributed by atoms with Crippen LogP contribution in [0.15, 0.2) is 47.4 Å². The first kappa shape index (κ1) is 21.2. The number of nitro benzene ring substituents is 1. The largest absolute Gasteiger partial charge is 0.373 e. The van der Waals surface area contributed by atoms with E-state index < -0.39 is 14.9 Å². The molecule has 3 N–H and O–H groups in total. The molecule has 0 spiro atoms. The van der Waals surface area contributed by atoms with Gasteiger partial charge in [0.2, 0.25) is 10.0 Å². The number of nitrogens with zero attached hydrogens (tertiary/aromatic N) is 1. The molecule has 0 radical (unpaired) electrons. The monoisotopic (exact) mass is 419 g/mol. The van der Waals surface area contributed by atoms with E-state index in [9.17, 15) is 18.5 Å². The van der Waals surface area contributed by atoms with Crippen molar-refractivity contribution in [1.29, 1.82) is 0 Å². The van der Waals surface area contributed by atoms with Crippen LogP contribution in [0.4, 0.5) is 11.4 Å². The van der Waals surface area contributed by atoms with E-state index in [-0.39, 0.29) is 23.2 Å². The Morgan fingerprint density at radius 3 is 2.69 bits per heavy atom. The van der Waals surface area contributed by atoms with Crippen LogP contribution >= 0.6 is 0 Å². The Kier molecular flexibility index (Phi) is 6.51. The van der Waals surface area contributed by atoms with Gasteiger partial charge in [-0.05, 0) is 42.5 Å². The normalized spacial score (nSPS) is 16.4. The summed E-state index contributed by atoms with van der Waals surface area (Å²) in [5, 5.41) is 14.9. The molecule has 0 fully saturated rings. The van der Waals surface area contributed by atoms with Crippen LogP contribution in [0.5, 0.6) is 0 Å². The summed E-state index contributed by atoms with van der Waals surface area (Å²) in [5.74, 6) is 0. The smallest absolute Gasteiger partial charge is 0.293 e. The number of hydrogen-bond acceptors (Lipinski definition) is 5. The van der Waals surface area contributed by atoms with Gasteiger partial charge in [0.1, 0.15) is 5.69 Å². The molecule has 0 heterocycles. The molecule has 1 aliphatic rings. The maximum Gasteiger partial charge on any atom is 0.293 e. The minimum Gasteiger partial charge on any atom is -0.373 e. The molecule has 1 aliphatic carbocycles. The molecular formula is C20H27N4O4S+. The Balaban J connectivity index is 1.85. The van der Waals surface area contributed by atoms with Gasteiger partial charge in [0.05, 0.1) is 43.0 Å². The third-order valence-electron chi connectivity index (χ3n) is 5.09. The van der Waals surface area contributed by atoms with E-state index in [0.717, 1.165) is 35.8 Å². The summed E-state index contributed by atoms with van der Waals surface area (Å²) in [4.78, 5) is 12.1. The number of benzene rings is 2. The topological polar surface area (TPSA) is 106 Å². The van der Waals surface area contributed by atoms with Crippen molar-refractivity contribution in [2.75, 3.05) is 32.5 Å². The van der Waals surface area contributed by atoms with E-state index in [1.807, 2.05) is 32.3 Å². The second kappa shape index (κ2) is 8.89. The summed E-state index contributed by atoms with van der Waals surface area (Å²) in [7, 11) is 0.0333. The third kappa shape index (κ3) is 5.11. The van der Waals surface area contributed by atoms with Gasteiger partial charge in [-0.25, -0.2) is 13.1 Å². The molecule has 2 aromatic rings. The lowest BCUT2D eigenvalue weighted by atomic mass is 9.87. The fourth-order valence-electron chi connectivity index (χ4n) is 3.56. The second-order valence-corrected chi connectivity index (χ2v) is 9.35. The SMILES string of the molecule is C[NH+](C)CCNS(=O)(=O)c1ccc(N[C@@H]2CCCc3ccccc32)c([N+](=O)[O-])c1. The number of aryl methyl sites for hydroxylation is 1. The Morgan fingerprint density at radius 2 is 1.97 bits per heavy atom. The van der Waals surface area contributed by atoms with Crippen molar-refractivity contribution >= 4 is 21.4 Å². The molecule has 0 aromatic heterocycles. The van der Waals surface area contributed by atoms with Crippen LogP contribution in [0.1, 0.15) is 30.0 Å². The van der Waals surface area contributed by atoms with Gasteiger partial charge in [-0.2, -0.15) is 0 Å². The molecule has 2 aromatic carbocycles. The van der Waals surface area contributed by atoms with Gasteiger partial charge >= 0.3 is 0 Å². The van der Waals surface area contributed by atoms with E-state index in [1.165, 1.54) is 17.7 Å². The standard InChI is InChI=1S/C20H26N4O4S/c1-23(2)13-12-21-29(27,28)16-10-11-19(20(14-16)24(25)26)22-18-9-5-7-15-6-3-4-8-17(15)18/h3-4,6,8,10-11,14,18,21-22H,5,7,9,12-13H2,1-2H3/p+1/t18-/m1/s1. The lowest BCUT2D eigenvalue weighted by Crippen LogP contribution is -3.06. The van der Waals surface area contributed by atoms with Crippen LogP contribution < -0.4 is 14.9 Å². The third-order valence-corrected chi connectivity index (χ3v) is 6.55. The summed E-state index contributed by atoms with van der Waals surface area (Å²) < 4.78 is 27.5. The molecular weight excluding hydrogens is 392 g/mol. The average Bonchev–Trinajstić information content (AvgIpc) is 2.68. The van der Waals surface area contributed by atoms with E-state index in [4.69, 9.17) is 0 Å². The Labute approximate surface area is 171 Å². The molecule has 0 aliphatic heterocycles. The maximum atomic E-state index is 12.5. The number of nitro groups is 1. The van der Waals surface area contributed by atoms with E-state index in [2.05, 4.69) is 16.1 Å². The van der Waals surface area contributed by atoms with Gasteiger partial charge < -0.3 is 10.2 Å². The van der Waals surface area contributed by atoms with Crippen LogP contribution in [0, 0.1) is 10.1 Å². The van der Waals surface area contributed by atoms with Gasteiger partial charge in [-0.15, -0.1) is 0 Å². The van der Waals surface area contributed by atoms with Crippen LogP contribution in [0.25, 0.3) is 0 Å². The molecule has 3 rings (SSSR count). The molecule has 0 unspecified atom stereocenters. The predicted molar refractivity (Wildman–Crippen MR) is 112 cm³/mol. The van der Waals surface area contributed by atoms with E-state index >= 15 is 0 Å². The van der Waals surface area contributed by atoms with Gasteiger partial charge in [0, 0.05) is 6.07 Å². The maximum absolute atomic E-state index is 12.5. The molecule has 0 bridgehead atoms. The first-order valence-corrected chi connectivity index (χ1v) is 11.2. The average molecular weight is 420 g/mol. The van der Waals surface area contributed by atoms with Crippen molar-refractivity contribution in [1.82, 2.24) is 4.72 Å². The lowest BCUT2D eigenvalue weighted by molar-refractivity contribution is -0.856. The number of likely N-dealkylation sites (N-methyl/N-ethyl adjacent to an activating group) is 1. The number of fused-ring (bicyclic) bond motifs is 1. The highest BCUT2D eigenvalue weighted by molar-refractivity contribution is 7.89. The molecule has 8 nitrogen and oxygen atoms in total. The minimum atomic E-state index is -3.81. The molecule has 0 saturated heterocycles. The zero-order valence-corrected chi connectivity index (χ0v) is 17.5. The van der Waals surface area contributed by atoms with Crippen molar-refractivity contribution in [2.45, 2.75) is 30.2 Å². The number of hydrogen-bond donors (Lipinski definition) is 3. The molecule has 0 amide bonds. The molecule has 1 atom stereocenters. The van der Waals surface area contributed by atoms with Crippen LogP contribution in [0.2, 0.25) is 0 Å². The van der Waals surface area contributed by atoms with E-state index in [0.29, 0.717) is 12.2 Å². The first-order valence-electron chi connectivity index (χ1n) is 9.69. The number of sulfonamides is 1. The second-order valence-electron chi connectivity index (χ2n) is 7.58. The minimum absolute atomic E-state index is 0.0395. The molecule has 9 heteroatoms. The van der Waals surface area contributed by atoms with Crippen molar-refractivity contribution in [3.05, 3.63) is 63.7 Å². The summed E-state index contributed by atoms with van der Waals surface area (Å²) in [6.07, 6.45) is 2.85. The highest BCUT2D eigenvalue weighted by atomic mass is 32.2. The highest BCUT2D eigenvalue weighted by Gasteiger charge is 2.25. The predicted octanol–water partition coefficient (Wildman–Crippen LogP) is 1.51. The zero-order valence-electron chi connectivity index (χ0n) is 16.6. The van der Waals surface area contributed by atoms with Gasteiger partial charge in [-0.1, -0.05) is 24.3 Å². The van der Waals surface area contributed by atoms with Gasteiger partial charge in [-0.3, -0.25) is 10.1 Å². The summed E-state index contributed by atoms with van der Waals surface area (Å²) in [6, 6.07) is 12.1. The number of nitrogens with one attached hydrogen (secondary N) is 3. The van der Waals surface area contributed by atoms with Gasteiger partial charge in [0.15, 0.2) is 0 Å². The van der Waals surface area contributed by atoms with E-state index in [1.54, 1.807) is 0 Å². The van der Waals surface area contributed by atoms with Crippen LogP contribution in [-0.4, -0.2) is 40.5 Å². The first-order chi connectivity index (χ1) is 13.8. The Morgan fingerprint density at radius 1 is 1.21 bits per heavy atom. The fraction of sp³-hybridized carbons (Fsp3) is 0.400. The van der Waals surface area contributed by atoms with Crippen molar-refractivity contribution < 1.29 is 18.2 Å². The van der Waals surface area contributed by atoms with Crippen LogP contribution in [-0.2, 0) is 16.4 Å². The summed E-state index contributed by atoms with van der Waals surface area (Å²) in [5.41, 5.74) is 2.46. The molecule has 156 valence electrons. The summed E-state index contributed by atoms with van der Waals surface area (Å²) in [6.45, 7) is 0.874. The molecule has 29 heavy (non-hydrogen) atoms. The number of rotatable bonds is 8. The fourth-order valence-corrected chi connectivity index (χ4v) is 4.61. The lowest BCUT2D eigenvalue weighted by Gasteiger charge is -2.27.